The summed E-state index contributed by atoms with van der Waals surface area (Å²) in [4.78, 5) is 0. The highest BCUT2D eigenvalue weighted by atomic mass is 79.9. The molecule has 0 heterocycles. The van der Waals surface area contributed by atoms with E-state index < -0.39 is 5.82 Å². The number of aliphatic hydroxyl groups excluding tert-OH is 1. The Morgan fingerprint density at radius 3 is 2.53 bits per heavy atom. The van der Waals surface area contributed by atoms with Crippen molar-refractivity contribution in [1.29, 1.82) is 0 Å². The van der Waals surface area contributed by atoms with E-state index in [0.29, 0.717) is 21.3 Å². The van der Waals surface area contributed by atoms with Crippen molar-refractivity contribution >= 4 is 15.9 Å². The molecule has 1 N–H and O–H groups in total. The second-order valence-corrected chi connectivity index (χ2v) is 4.85. The van der Waals surface area contributed by atoms with Gasteiger partial charge in [-0.05, 0) is 30.3 Å². The van der Waals surface area contributed by atoms with E-state index in [0.717, 1.165) is 0 Å². The van der Waals surface area contributed by atoms with E-state index in [4.69, 9.17) is 9.84 Å². The van der Waals surface area contributed by atoms with Crippen LogP contribution in [0.5, 0.6) is 5.75 Å². The van der Waals surface area contributed by atoms with E-state index in [1.807, 2.05) is 0 Å². The van der Waals surface area contributed by atoms with Crippen LogP contribution in [0.25, 0.3) is 0 Å². The van der Waals surface area contributed by atoms with Gasteiger partial charge in [-0.2, -0.15) is 0 Å². The fourth-order valence-electron chi connectivity index (χ4n) is 1.61. The molecule has 2 nitrogen and oxygen atoms in total. The summed E-state index contributed by atoms with van der Waals surface area (Å²) in [5.41, 5.74) is 0.717. The minimum absolute atomic E-state index is 0.0117. The van der Waals surface area contributed by atoms with Crippen LogP contribution in [0, 0.1) is 11.6 Å². The lowest BCUT2D eigenvalue weighted by Crippen LogP contribution is -2.01. The third-order valence-electron chi connectivity index (χ3n) is 2.59. The minimum atomic E-state index is -0.453. The molecule has 0 unspecified atom stereocenters. The molecule has 0 saturated carbocycles. The first-order valence-electron chi connectivity index (χ1n) is 5.56. The van der Waals surface area contributed by atoms with Crippen molar-refractivity contribution in [3.05, 3.63) is 63.6 Å². The first kappa shape index (κ1) is 14.0. The molecule has 2 aromatic carbocycles. The molecule has 0 amide bonds. The maximum Gasteiger partial charge on any atom is 0.130 e. The van der Waals surface area contributed by atoms with Crippen LogP contribution in [0.4, 0.5) is 8.78 Å². The van der Waals surface area contributed by atoms with Gasteiger partial charge in [0.2, 0.25) is 0 Å². The molecule has 0 aliphatic carbocycles. The van der Waals surface area contributed by atoms with Gasteiger partial charge in [0.05, 0.1) is 6.61 Å². The molecular formula is C14H11BrF2O2. The van der Waals surface area contributed by atoms with Crippen LogP contribution in [0.2, 0.25) is 0 Å². The fraction of sp³-hybridized carbons (Fsp3) is 0.143. The molecule has 0 spiro atoms. The van der Waals surface area contributed by atoms with Crippen LogP contribution in [-0.4, -0.2) is 5.11 Å². The summed E-state index contributed by atoms with van der Waals surface area (Å²) >= 11 is 3.17. The van der Waals surface area contributed by atoms with Gasteiger partial charge in [0.15, 0.2) is 0 Å². The molecule has 0 saturated heterocycles. The second kappa shape index (κ2) is 6.12. The van der Waals surface area contributed by atoms with Crippen molar-refractivity contribution in [2.75, 3.05) is 0 Å². The molecule has 0 aliphatic rings. The van der Waals surface area contributed by atoms with Crippen molar-refractivity contribution in [2.45, 2.75) is 13.2 Å². The maximum atomic E-state index is 13.6. The van der Waals surface area contributed by atoms with Crippen molar-refractivity contribution < 1.29 is 18.6 Å². The molecule has 2 aromatic rings. The van der Waals surface area contributed by atoms with Gasteiger partial charge in [-0.3, -0.25) is 0 Å². The topological polar surface area (TPSA) is 29.5 Å². The van der Waals surface area contributed by atoms with E-state index in [1.54, 1.807) is 12.1 Å². The summed E-state index contributed by atoms with van der Waals surface area (Å²) in [6.07, 6.45) is 0. The molecule has 19 heavy (non-hydrogen) atoms. The van der Waals surface area contributed by atoms with Gasteiger partial charge in [-0.15, -0.1) is 0 Å². The Balaban J connectivity index is 2.14. The van der Waals surface area contributed by atoms with Gasteiger partial charge < -0.3 is 9.84 Å². The Bertz CT molecular complexity index is 588. The highest BCUT2D eigenvalue weighted by molar-refractivity contribution is 9.10. The van der Waals surface area contributed by atoms with Crippen LogP contribution in [-0.2, 0) is 13.2 Å². The zero-order valence-electron chi connectivity index (χ0n) is 9.87. The Labute approximate surface area is 117 Å². The molecule has 5 heteroatoms. The molecule has 0 atom stereocenters. The first-order chi connectivity index (χ1) is 9.10. The molecule has 0 fully saturated rings. The van der Waals surface area contributed by atoms with Crippen LogP contribution < -0.4 is 4.74 Å². The van der Waals surface area contributed by atoms with Gasteiger partial charge in [0.25, 0.3) is 0 Å². The quantitative estimate of drug-likeness (QED) is 0.925. The van der Waals surface area contributed by atoms with E-state index in [9.17, 15) is 8.78 Å². The lowest BCUT2D eigenvalue weighted by atomic mass is 10.2. The molecular weight excluding hydrogens is 318 g/mol. The standard InChI is InChI=1S/C14H11BrF2O2/c15-11-2-1-9(13(17)6-11)8-19-14-4-3-12(16)5-10(14)7-18/h1-6,18H,7-8H2. The smallest absolute Gasteiger partial charge is 0.130 e. The number of hydrogen-bond acceptors (Lipinski definition) is 2. The summed E-state index contributed by atoms with van der Waals surface area (Å²) < 4.78 is 32.6. The lowest BCUT2D eigenvalue weighted by molar-refractivity contribution is 0.256. The third-order valence-corrected chi connectivity index (χ3v) is 3.08. The average molecular weight is 329 g/mol. The molecule has 0 aromatic heterocycles. The summed E-state index contributed by atoms with van der Waals surface area (Å²) in [6, 6.07) is 8.48. The molecule has 2 rings (SSSR count). The number of hydrogen-bond donors (Lipinski definition) is 1. The van der Waals surface area contributed by atoms with E-state index >= 15 is 0 Å². The normalized spacial score (nSPS) is 10.5. The summed E-state index contributed by atoms with van der Waals surface area (Å²) in [5.74, 6) is -0.500. The number of ether oxygens (including phenoxy) is 1. The van der Waals surface area contributed by atoms with Crippen molar-refractivity contribution in [3.8, 4) is 5.75 Å². The Hall–Kier alpha value is -1.46. The van der Waals surface area contributed by atoms with Crippen LogP contribution in [0.15, 0.2) is 40.9 Å². The van der Waals surface area contributed by atoms with Gasteiger partial charge in [0.1, 0.15) is 24.0 Å². The van der Waals surface area contributed by atoms with E-state index in [-0.39, 0.29) is 19.0 Å². The van der Waals surface area contributed by atoms with E-state index in [2.05, 4.69) is 15.9 Å². The number of rotatable bonds is 4. The molecule has 0 bridgehead atoms. The van der Waals surface area contributed by atoms with Gasteiger partial charge in [0, 0.05) is 15.6 Å². The highest BCUT2D eigenvalue weighted by Gasteiger charge is 2.07. The third kappa shape index (κ3) is 3.52. The monoisotopic (exact) mass is 328 g/mol. The predicted octanol–water partition coefficient (Wildman–Crippen LogP) is 3.80. The lowest BCUT2D eigenvalue weighted by Gasteiger charge is -2.11. The van der Waals surface area contributed by atoms with Crippen molar-refractivity contribution in [1.82, 2.24) is 0 Å². The average Bonchev–Trinajstić information content (AvgIpc) is 2.39. The molecule has 100 valence electrons. The Kier molecular flexibility index (Phi) is 4.50. The summed E-state index contributed by atoms with van der Waals surface area (Å²) in [5, 5.41) is 9.10. The maximum absolute atomic E-state index is 13.6. The fourth-order valence-corrected chi connectivity index (χ4v) is 1.94. The minimum Gasteiger partial charge on any atom is -0.488 e. The van der Waals surface area contributed by atoms with Gasteiger partial charge in [-0.25, -0.2) is 8.78 Å². The number of halogens is 3. The Morgan fingerprint density at radius 2 is 1.84 bits per heavy atom. The molecule has 0 aliphatic heterocycles. The van der Waals surface area contributed by atoms with Crippen LogP contribution in [0.1, 0.15) is 11.1 Å². The second-order valence-electron chi connectivity index (χ2n) is 3.93. The van der Waals surface area contributed by atoms with Crippen LogP contribution >= 0.6 is 15.9 Å². The van der Waals surface area contributed by atoms with Crippen molar-refractivity contribution in [2.24, 2.45) is 0 Å². The van der Waals surface area contributed by atoms with E-state index in [1.165, 1.54) is 24.3 Å². The zero-order valence-corrected chi connectivity index (χ0v) is 11.5. The predicted molar refractivity (Wildman–Crippen MR) is 70.8 cm³/mol. The van der Waals surface area contributed by atoms with Crippen molar-refractivity contribution in [3.63, 3.8) is 0 Å². The Morgan fingerprint density at radius 1 is 1.05 bits per heavy atom. The van der Waals surface area contributed by atoms with Crippen LogP contribution in [0.3, 0.4) is 0 Å². The summed E-state index contributed by atoms with van der Waals surface area (Å²) in [7, 11) is 0. The summed E-state index contributed by atoms with van der Waals surface area (Å²) in [6.45, 7) is -0.326. The number of aliphatic hydroxyl groups is 1. The van der Waals surface area contributed by atoms with Gasteiger partial charge >= 0.3 is 0 Å². The first-order valence-corrected chi connectivity index (χ1v) is 6.35. The highest BCUT2D eigenvalue weighted by Crippen LogP contribution is 2.22. The van der Waals surface area contributed by atoms with Gasteiger partial charge in [-0.1, -0.05) is 22.0 Å². The molecule has 0 radical (unpaired) electrons. The SMILES string of the molecule is OCc1cc(F)ccc1OCc1ccc(Br)cc1F. The zero-order chi connectivity index (χ0) is 13.8. The number of benzene rings is 2. The largest absolute Gasteiger partial charge is 0.488 e.